The molecule has 1 aromatic rings. The highest BCUT2D eigenvalue weighted by Crippen LogP contribution is 2.26. The molecule has 8 nitrogen and oxygen atoms in total. The first-order valence-corrected chi connectivity index (χ1v) is 12.3. The third kappa shape index (κ3) is 7.75. The fourth-order valence-electron chi connectivity index (χ4n) is 3.46. The molecule has 1 aromatic carbocycles. The lowest BCUT2D eigenvalue weighted by atomic mass is 10.1. The number of carbonyl (C=O) groups excluding carboxylic acids is 1. The van der Waals surface area contributed by atoms with Crippen LogP contribution in [-0.4, -0.2) is 54.5 Å². The number of aliphatic hydroxyl groups is 1. The number of hydrogen-bond acceptors (Lipinski definition) is 6. The molecular formula is C22H36N2O6S. The zero-order valence-electron chi connectivity index (χ0n) is 19.1. The largest absolute Gasteiger partial charge is 0.444 e. The Morgan fingerprint density at radius 3 is 2.48 bits per heavy atom. The summed E-state index contributed by atoms with van der Waals surface area (Å²) in [5.74, 6) is 0. The van der Waals surface area contributed by atoms with Crippen LogP contribution < -0.4 is 5.32 Å². The zero-order chi connectivity index (χ0) is 23.2. The minimum atomic E-state index is -4.00. The van der Waals surface area contributed by atoms with Gasteiger partial charge in [0.1, 0.15) is 5.60 Å². The maximum absolute atomic E-state index is 13.3. The summed E-state index contributed by atoms with van der Waals surface area (Å²) in [5, 5.41) is 13.4. The van der Waals surface area contributed by atoms with Crippen molar-refractivity contribution in [2.45, 2.75) is 95.5 Å². The number of nitrogens with one attached hydrogen (secondary N) is 1. The first-order valence-electron chi connectivity index (χ1n) is 10.9. The van der Waals surface area contributed by atoms with Crippen LogP contribution in [0.25, 0.3) is 0 Å². The van der Waals surface area contributed by atoms with Crippen molar-refractivity contribution < 1.29 is 27.9 Å². The Bertz CT molecular complexity index is 831. The monoisotopic (exact) mass is 456 g/mol. The number of benzene rings is 1. The Balaban J connectivity index is 2.20. The summed E-state index contributed by atoms with van der Waals surface area (Å²) in [5.41, 5.74) is 0.125. The second kappa shape index (κ2) is 10.8. The van der Waals surface area contributed by atoms with E-state index in [1.165, 1.54) is 6.07 Å². The lowest BCUT2D eigenvalue weighted by Gasteiger charge is -2.30. The number of hydrogen-bond donors (Lipinski definition) is 2. The van der Waals surface area contributed by atoms with E-state index in [1.54, 1.807) is 39.8 Å². The first kappa shape index (κ1) is 25.6. The molecule has 31 heavy (non-hydrogen) atoms. The van der Waals surface area contributed by atoms with Gasteiger partial charge in [-0.25, -0.2) is 13.2 Å². The molecule has 0 spiro atoms. The van der Waals surface area contributed by atoms with Crippen molar-refractivity contribution in [3.05, 3.63) is 29.8 Å². The number of amides is 1. The highest BCUT2D eigenvalue weighted by atomic mass is 32.2. The van der Waals surface area contributed by atoms with E-state index in [1.807, 2.05) is 13.0 Å². The molecule has 0 bridgehead atoms. The van der Waals surface area contributed by atoms with Crippen molar-refractivity contribution in [2.24, 2.45) is 0 Å². The van der Waals surface area contributed by atoms with Gasteiger partial charge in [0.05, 0.1) is 29.7 Å². The molecule has 2 atom stereocenters. The average molecular weight is 457 g/mol. The topological polar surface area (TPSA) is 105 Å². The van der Waals surface area contributed by atoms with E-state index >= 15 is 0 Å². The third-order valence-electron chi connectivity index (χ3n) is 5.07. The second-order valence-electron chi connectivity index (χ2n) is 9.05. The number of rotatable bonds is 9. The Hall–Kier alpha value is -1.68. The number of nitrogens with zero attached hydrogens (tertiary/aromatic N) is 1. The maximum atomic E-state index is 13.3. The predicted octanol–water partition coefficient (Wildman–Crippen LogP) is 3.52. The van der Waals surface area contributed by atoms with Crippen LogP contribution in [0.5, 0.6) is 0 Å². The summed E-state index contributed by atoms with van der Waals surface area (Å²) in [6.45, 7) is 8.54. The lowest BCUT2D eigenvalue weighted by Crippen LogP contribution is -2.50. The first-order chi connectivity index (χ1) is 14.4. The summed E-state index contributed by atoms with van der Waals surface area (Å²) in [7, 11) is -4.00. The molecule has 0 aromatic heterocycles. The molecule has 176 valence electrons. The van der Waals surface area contributed by atoms with Crippen molar-refractivity contribution in [3.8, 4) is 0 Å². The highest BCUT2D eigenvalue weighted by molar-refractivity contribution is 7.89. The van der Waals surface area contributed by atoms with Crippen LogP contribution in [0.1, 0.15) is 65.4 Å². The Morgan fingerprint density at radius 1 is 1.29 bits per heavy atom. The number of aryl methyl sites for hydroxylation is 1. The minimum absolute atomic E-state index is 0.103. The van der Waals surface area contributed by atoms with Gasteiger partial charge in [-0.1, -0.05) is 36.4 Å². The Kier molecular flexibility index (Phi) is 8.88. The van der Waals surface area contributed by atoms with Gasteiger partial charge in [0.2, 0.25) is 0 Å². The normalized spacial score (nSPS) is 17.5. The van der Waals surface area contributed by atoms with Crippen LogP contribution in [0, 0.1) is 6.92 Å². The lowest BCUT2D eigenvalue weighted by molar-refractivity contribution is -0.145. The molecule has 1 unspecified atom stereocenters. The Labute approximate surface area is 185 Å². The van der Waals surface area contributed by atoms with Gasteiger partial charge in [0.25, 0.3) is 10.0 Å². The smallest absolute Gasteiger partial charge is 0.407 e. The molecular weight excluding hydrogens is 420 g/mol. The molecule has 0 aliphatic heterocycles. The predicted molar refractivity (Wildman–Crippen MR) is 118 cm³/mol. The highest BCUT2D eigenvalue weighted by Gasteiger charge is 2.34. The van der Waals surface area contributed by atoms with E-state index in [2.05, 4.69) is 5.32 Å². The molecule has 1 aliphatic rings. The molecule has 0 saturated heterocycles. The second-order valence-corrected chi connectivity index (χ2v) is 10.9. The van der Waals surface area contributed by atoms with Crippen molar-refractivity contribution >= 4 is 16.1 Å². The van der Waals surface area contributed by atoms with Crippen molar-refractivity contribution in [1.29, 1.82) is 0 Å². The van der Waals surface area contributed by atoms with E-state index in [9.17, 15) is 18.3 Å². The van der Waals surface area contributed by atoms with Gasteiger partial charge in [-0.05, 0) is 64.7 Å². The SMILES string of the molecule is CCC(NC(=O)OC(C)(C)C)[C@H](O)CN(OC1CCCC1)S(=O)(=O)c1cccc(C)c1. The molecule has 2 rings (SSSR count). The summed E-state index contributed by atoms with van der Waals surface area (Å²) in [6, 6.07) is 5.87. The van der Waals surface area contributed by atoms with E-state index < -0.39 is 33.9 Å². The number of aliphatic hydroxyl groups excluding tert-OH is 1. The molecule has 1 amide bonds. The van der Waals surface area contributed by atoms with E-state index in [4.69, 9.17) is 9.57 Å². The van der Waals surface area contributed by atoms with Gasteiger partial charge in [-0.2, -0.15) is 0 Å². The minimum Gasteiger partial charge on any atom is -0.444 e. The summed E-state index contributed by atoms with van der Waals surface area (Å²) in [4.78, 5) is 18.1. The van der Waals surface area contributed by atoms with E-state index in [0.717, 1.165) is 35.7 Å². The molecule has 9 heteroatoms. The van der Waals surface area contributed by atoms with Gasteiger partial charge >= 0.3 is 6.09 Å². The Morgan fingerprint density at radius 2 is 1.94 bits per heavy atom. The van der Waals surface area contributed by atoms with Crippen LogP contribution in [0.2, 0.25) is 0 Å². The molecule has 0 heterocycles. The van der Waals surface area contributed by atoms with E-state index in [-0.39, 0.29) is 17.5 Å². The summed E-state index contributed by atoms with van der Waals surface area (Å²) >= 11 is 0. The zero-order valence-corrected chi connectivity index (χ0v) is 19.9. The van der Waals surface area contributed by atoms with Gasteiger partial charge < -0.3 is 15.2 Å². The molecule has 2 N–H and O–H groups in total. The number of alkyl carbamates (subject to hydrolysis) is 1. The average Bonchev–Trinajstić information content (AvgIpc) is 3.17. The fourth-order valence-corrected chi connectivity index (χ4v) is 4.86. The molecule has 1 saturated carbocycles. The quantitative estimate of drug-likeness (QED) is 0.551. The van der Waals surface area contributed by atoms with Gasteiger partial charge in [0, 0.05) is 0 Å². The molecule has 1 aliphatic carbocycles. The maximum Gasteiger partial charge on any atom is 0.407 e. The molecule has 1 fully saturated rings. The van der Waals surface area contributed by atoms with Crippen LogP contribution >= 0.6 is 0 Å². The molecule has 0 radical (unpaired) electrons. The van der Waals surface area contributed by atoms with Gasteiger partial charge in [-0.15, -0.1) is 0 Å². The van der Waals surface area contributed by atoms with Gasteiger partial charge in [-0.3, -0.25) is 4.84 Å². The van der Waals surface area contributed by atoms with E-state index in [0.29, 0.717) is 6.42 Å². The summed E-state index contributed by atoms with van der Waals surface area (Å²) in [6.07, 6.45) is 1.81. The number of ether oxygens (including phenoxy) is 1. The van der Waals surface area contributed by atoms with Crippen molar-refractivity contribution in [1.82, 2.24) is 9.79 Å². The van der Waals surface area contributed by atoms with Crippen LogP contribution in [0.4, 0.5) is 4.79 Å². The summed E-state index contributed by atoms with van der Waals surface area (Å²) < 4.78 is 32.8. The van der Waals surface area contributed by atoms with Crippen molar-refractivity contribution in [3.63, 3.8) is 0 Å². The number of hydroxylamine groups is 1. The van der Waals surface area contributed by atoms with Gasteiger partial charge in [0.15, 0.2) is 0 Å². The van der Waals surface area contributed by atoms with Crippen LogP contribution in [-0.2, 0) is 19.6 Å². The van der Waals surface area contributed by atoms with Crippen molar-refractivity contribution in [2.75, 3.05) is 6.54 Å². The number of sulfonamides is 1. The number of carbonyl (C=O) groups is 1. The fraction of sp³-hybridized carbons (Fsp3) is 0.682. The third-order valence-corrected chi connectivity index (χ3v) is 6.69. The van der Waals surface area contributed by atoms with Crippen LogP contribution in [0.3, 0.4) is 0 Å². The van der Waals surface area contributed by atoms with Crippen LogP contribution in [0.15, 0.2) is 29.2 Å². The standard InChI is InChI=1S/C22H36N2O6S/c1-6-19(23-21(26)29-22(3,4)5)20(25)15-24(30-17-11-7-8-12-17)31(27,28)18-13-9-10-16(2)14-18/h9-10,13-14,17,19-20,25H,6-8,11-12,15H2,1-5H3,(H,23,26)/t19?,20-/m1/s1.